The fourth-order valence-corrected chi connectivity index (χ4v) is 5.50. The number of thiazole rings is 1. The molecule has 2 heterocycles. The molecule has 0 bridgehead atoms. The van der Waals surface area contributed by atoms with Crippen LogP contribution in [0.1, 0.15) is 28.3 Å². The zero-order valence-corrected chi connectivity index (χ0v) is 19.4. The number of aromatic nitrogens is 1. The van der Waals surface area contributed by atoms with Gasteiger partial charge in [-0.15, -0.1) is 0 Å². The van der Waals surface area contributed by atoms with Gasteiger partial charge >= 0.3 is 5.91 Å². The number of benzene rings is 3. The fourth-order valence-electron chi connectivity index (χ4n) is 4.21. The van der Waals surface area contributed by atoms with Gasteiger partial charge in [0.2, 0.25) is 0 Å². The molecule has 1 aliphatic rings. The first kappa shape index (κ1) is 21.4. The molecule has 1 fully saturated rings. The highest BCUT2D eigenvalue weighted by atomic mass is 35.5. The third kappa shape index (κ3) is 3.61. The molecular formula is C26H19ClN2O3S. The number of halogens is 1. The van der Waals surface area contributed by atoms with E-state index in [1.54, 1.807) is 24.3 Å². The first-order valence-corrected chi connectivity index (χ1v) is 11.5. The Labute approximate surface area is 199 Å². The van der Waals surface area contributed by atoms with Crippen molar-refractivity contribution in [3.05, 3.63) is 99.6 Å². The van der Waals surface area contributed by atoms with E-state index in [9.17, 15) is 14.7 Å². The minimum atomic E-state index is -0.802. The SMILES string of the molecule is Cc1cc(C)c2nc(N3C(=O)C(=O)/C(=C(/O)c4ccc(Cl)cc4)C3c3ccccc3)sc2c1. The molecule has 7 heteroatoms. The summed E-state index contributed by atoms with van der Waals surface area (Å²) in [6.07, 6.45) is 0. The molecule has 3 aromatic carbocycles. The monoisotopic (exact) mass is 474 g/mol. The van der Waals surface area contributed by atoms with Gasteiger partial charge in [0, 0.05) is 10.6 Å². The van der Waals surface area contributed by atoms with Gasteiger partial charge in [-0.2, -0.15) is 0 Å². The van der Waals surface area contributed by atoms with Gasteiger partial charge in [-0.25, -0.2) is 4.98 Å². The number of hydrogen-bond donors (Lipinski definition) is 1. The maximum Gasteiger partial charge on any atom is 0.301 e. The number of anilines is 1. The summed E-state index contributed by atoms with van der Waals surface area (Å²) >= 11 is 7.34. The van der Waals surface area contributed by atoms with Gasteiger partial charge in [0.05, 0.1) is 21.8 Å². The molecule has 1 amide bonds. The van der Waals surface area contributed by atoms with Gasteiger partial charge in [-0.3, -0.25) is 14.5 Å². The molecule has 0 spiro atoms. The number of rotatable bonds is 3. The van der Waals surface area contributed by atoms with Crippen LogP contribution in [0.4, 0.5) is 5.13 Å². The van der Waals surface area contributed by atoms with Crippen molar-refractivity contribution in [2.45, 2.75) is 19.9 Å². The number of carbonyl (C=O) groups is 2. The van der Waals surface area contributed by atoms with E-state index in [1.165, 1.54) is 16.2 Å². The molecule has 1 unspecified atom stereocenters. The Bertz CT molecular complexity index is 1440. The maximum absolute atomic E-state index is 13.3. The van der Waals surface area contributed by atoms with Gasteiger partial charge in [0.25, 0.3) is 5.78 Å². The largest absolute Gasteiger partial charge is 0.507 e. The number of amides is 1. The van der Waals surface area contributed by atoms with Crippen LogP contribution < -0.4 is 4.90 Å². The number of ketones is 1. The third-order valence-corrected chi connectivity index (χ3v) is 6.96. The van der Waals surface area contributed by atoms with E-state index in [1.807, 2.05) is 56.3 Å². The molecule has 4 aromatic rings. The number of aliphatic hydroxyl groups excluding tert-OH is 1. The van der Waals surface area contributed by atoms with Crippen molar-refractivity contribution in [3.63, 3.8) is 0 Å². The summed E-state index contributed by atoms with van der Waals surface area (Å²) in [6, 6.07) is 19.0. The quantitative estimate of drug-likeness (QED) is 0.218. The Morgan fingerprint density at radius 2 is 1.73 bits per heavy atom. The van der Waals surface area contributed by atoms with Crippen LogP contribution in [0.25, 0.3) is 16.0 Å². The fraction of sp³-hybridized carbons (Fsp3) is 0.115. The third-order valence-electron chi connectivity index (χ3n) is 5.70. The van der Waals surface area contributed by atoms with Gasteiger partial charge in [0.15, 0.2) is 5.13 Å². The van der Waals surface area contributed by atoms with Crippen LogP contribution in [0, 0.1) is 13.8 Å². The van der Waals surface area contributed by atoms with E-state index in [4.69, 9.17) is 16.6 Å². The van der Waals surface area contributed by atoms with Gasteiger partial charge < -0.3 is 5.11 Å². The molecule has 0 saturated carbocycles. The van der Waals surface area contributed by atoms with Crippen LogP contribution in [0.5, 0.6) is 0 Å². The van der Waals surface area contributed by atoms with Gasteiger partial charge in [-0.1, -0.05) is 59.3 Å². The van der Waals surface area contributed by atoms with E-state index in [-0.39, 0.29) is 11.3 Å². The van der Waals surface area contributed by atoms with Crippen LogP contribution in [0.2, 0.25) is 5.02 Å². The number of fused-ring (bicyclic) bond motifs is 1. The van der Waals surface area contributed by atoms with Crippen LogP contribution in [0.3, 0.4) is 0 Å². The second-order valence-electron chi connectivity index (χ2n) is 8.01. The summed E-state index contributed by atoms with van der Waals surface area (Å²) in [5.74, 6) is -1.70. The van der Waals surface area contributed by atoms with E-state index in [0.717, 1.165) is 21.3 Å². The number of nitrogens with zero attached hydrogens (tertiary/aromatic N) is 2. The average molecular weight is 475 g/mol. The van der Waals surface area contributed by atoms with Crippen LogP contribution in [-0.2, 0) is 9.59 Å². The zero-order valence-electron chi connectivity index (χ0n) is 17.9. The van der Waals surface area contributed by atoms with Crippen molar-refractivity contribution in [1.82, 2.24) is 4.98 Å². The first-order chi connectivity index (χ1) is 15.8. The lowest BCUT2D eigenvalue weighted by molar-refractivity contribution is -0.132. The Kier molecular flexibility index (Phi) is 5.27. The predicted octanol–water partition coefficient (Wildman–Crippen LogP) is 6.19. The van der Waals surface area contributed by atoms with Crippen molar-refractivity contribution in [2.75, 3.05) is 4.90 Å². The van der Waals surface area contributed by atoms with Crippen LogP contribution >= 0.6 is 22.9 Å². The molecule has 33 heavy (non-hydrogen) atoms. The topological polar surface area (TPSA) is 70.5 Å². The standard InChI is InChI=1S/C26H19ClN2O3S/c1-14-12-15(2)21-19(13-14)33-26(28-21)29-22(16-6-4-3-5-7-16)20(24(31)25(29)32)23(30)17-8-10-18(27)11-9-17/h3-13,22,30H,1-2H3/b23-20+. The highest BCUT2D eigenvalue weighted by molar-refractivity contribution is 7.22. The average Bonchev–Trinajstić information content (AvgIpc) is 3.33. The number of carbonyl (C=O) groups excluding carboxylic acids is 2. The molecule has 0 aliphatic carbocycles. The van der Waals surface area contributed by atoms with Crippen molar-refractivity contribution in [3.8, 4) is 0 Å². The number of hydrogen-bond acceptors (Lipinski definition) is 5. The molecule has 5 rings (SSSR count). The highest BCUT2D eigenvalue weighted by Gasteiger charge is 2.48. The lowest BCUT2D eigenvalue weighted by Crippen LogP contribution is -2.29. The predicted molar refractivity (Wildman–Crippen MR) is 132 cm³/mol. The van der Waals surface area contributed by atoms with E-state index < -0.39 is 17.7 Å². The molecular weight excluding hydrogens is 456 g/mol. The second kappa shape index (κ2) is 8.14. The minimum Gasteiger partial charge on any atom is -0.507 e. The van der Waals surface area contributed by atoms with E-state index in [0.29, 0.717) is 21.3 Å². The van der Waals surface area contributed by atoms with Crippen LogP contribution in [0.15, 0.2) is 72.3 Å². The number of aliphatic hydroxyl groups is 1. The Morgan fingerprint density at radius 1 is 1.03 bits per heavy atom. The number of Topliss-reactive ketones (excluding diaryl/α,β-unsaturated/α-hetero) is 1. The Balaban J connectivity index is 1.73. The molecule has 5 nitrogen and oxygen atoms in total. The summed E-state index contributed by atoms with van der Waals surface area (Å²) in [7, 11) is 0. The van der Waals surface area contributed by atoms with Crippen molar-refractivity contribution < 1.29 is 14.7 Å². The van der Waals surface area contributed by atoms with E-state index >= 15 is 0 Å². The van der Waals surface area contributed by atoms with Crippen molar-refractivity contribution in [1.29, 1.82) is 0 Å². The minimum absolute atomic E-state index is 0.0284. The summed E-state index contributed by atoms with van der Waals surface area (Å²) in [4.78, 5) is 32.7. The lowest BCUT2D eigenvalue weighted by Gasteiger charge is -2.22. The molecule has 1 aliphatic heterocycles. The summed E-state index contributed by atoms with van der Waals surface area (Å²) in [6.45, 7) is 3.98. The summed E-state index contributed by atoms with van der Waals surface area (Å²) in [5.41, 5.74) is 4.04. The smallest absolute Gasteiger partial charge is 0.301 e. The second-order valence-corrected chi connectivity index (χ2v) is 9.46. The maximum atomic E-state index is 13.3. The first-order valence-electron chi connectivity index (χ1n) is 10.3. The van der Waals surface area contributed by atoms with Gasteiger partial charge in [0.1, 0.15) is 5.76 Å². The highest BCUT2D eigenvalue weighted by Crippen LogP contribution is 2.44. The van der Waals surface area contributed by atoms with Crippen LogP contribution in [-0.4, -0.2) is 21.8 Å². The Morgan fingerprint density at radius 3 is 2.42 bits per heavy atom. The lowest BCUT2D eigenvalue weighted by atomic mass is 9.95. The van der Waals surface area contributed by atoms with Gasteiger partial charge in [-0.05, 0) is 60.9 Å². The molecule has 164 valence electrons. The normalized spacial score (nSPS) is 17.8. The molecule has 1 aromatic heterocycles. The molecule has 0 radical (unpaired) electrons. The zero-order chi connectivity index (χ0) is 23.3. The van der Waals surface area contributed by atoms with Crippen molar-refractivity contribution >= 4 is 55.7 Å². The molecule has 1 atom stereocenters. The van der Waals surface area contributed by atoms with Crippen molar-refractivity contribution in [2.24, 2.45) is 0 Å². The van der Waals surface area contributed by atoms with E-state index in [2.05, 4.69) is 0 Å². The molecule has 1 saturated heterocycles. The summed E-state index contributed by atoms with van der Waals surface area (Å²) < 4.78 is 0.939. The molecule has 1 N–H and O–H groups in total. The summed E-state index contributed by atoms with van der Waals surface area (Å²) in [5, 5.41) is 12.1. The Hall–Kier alpha value is -3.48. The number of aryl methyl sites for hydroxylation is 2.